The number of carbonyl (C=O) groups is 2. The zero-order valence-electron chi connectivity index (χ0n) is 18.3. The molecule has 0 aliphatic rings. The Balaban J connectivity index is 1.97. The Labute approximate surface area is 210 Å². The highest BCUT2D eigenvalue weighted by Crippen LogP contribution is 2.32. The van der Waals surface area contributed by atoms with Crippen LogP contribution in [0.5, 0.6) is 0 Å². The minimum atomic E-state index is -0.836. The topological polar surface area (TPSA) is 98.4 Å². The fraction of sp³-hybridized carbons (Fsp3) is 0.250. The van der Waals surface area contributed by atoms with Crippen LogP contribution in [0.4, 0.5) is 0 Å². The van der Waals surface area contributed by atoms with Crippen LogP contribution in [0.2, 0.25) is 10.0 Å². The predicted octanol–water partition coefficient (Wildman–Crippen LogP) is 4.93. The molecule has 3 rings (SSSR count). The van der Waals surface area contributed by atoms with Gasteiger partial charge in [0, 0.05) is 53.4 Å². The number of esters is 1. The van der Waals surface area contributed by atoms with E-state index < -0.39 is 17.6 Å². The van der Waals surface area contributed by atoms with Gasteiger partial charge in [-0.05, 0) is 36.8 Å². The number of ketones is 1. The zero-order chi connectivity index (χ0) is 24.8. The van der Waals surface area contributed by atoms with Crippen LogP contribution in [-0.2, 0) is 20.7 Å². The summed E-state index contributed by atoms with van der Waals surface area (Å²) in [4.78, 5) is 39.0. The van der Waals surface area contributed by atoms with Crippen molar-refractivity contribution in [1.29, 1.82) is 5.26 Å². The number of methoxy groups -OCH3 is 2. The first-order chi connectivity index (χ1) is 16.3. The molecule has 1 atom stereocenters. The van der Waals surface area contributed by atoms with Crippen molar-refractivity contribution in [3.05, 3.63) is 78.3 Å². The summed E-state index contributed by atoms with van der Waals surface area (Å²) < 4.78 is 11.1. The van der Waals surface area contributed by atoms with Crippen LogP contribution in [0.15, 0.2) is 47.4 Å². The molecule has 0 amide bonds. The van der Waals surface area contributed by atoms with Gasteiger partial charge in [0.05, 0.1) is 29.8 Å². The lowest BCUT2D eigenvalue weighted by atomic mass is 10.0. The van der Waals surface area contributed by atoms with Crippen LogP contribution in [0, 0.1) is 11.3 Å². The standard InChI is InChI=1S/C24H20Cl2N2O5S/c1-32-8-7-20(21(29)10-16-5-6-22(34-16)24(31)33-2)28-13-19(26)18(11-23(28)30)17-9-15(25)4-3-14(17)12-27/h3-6,9,11,13,20H,7-8,10H2,1-2H3. The Morgan fingerprint density at radius 1 is 1.15 bits per heavy atom. The number of pyridine rings is 1. The predicted molar refractivity (Wildman–Crippen MR) is 131 cm³/mol. The van der Waals surface area contributed by atoms with Crippen molar-refractivity contribution < 1.29 is 19.1 Å². The smallest absolute Gasteiger partial charge is 0.348 e. The van der Waals surface area contributed by atoms with Crippen molar-refractivity contribution in [3.63, 3.8) is 0 Å². The number of hydrogen-bond donors (Lipinski definition) is 0. The summed E-state index contributed by atoms with van der Waals surface area (Å²) in [5.74, 6) is -0.710. The molecule has 2 aromatic heterocycles. The third-order valence-electron chi connectivity index (χ3n) is 5.12. The van der Waals surface area contributed by atoms with Gasteiger partial charge in [0.25, 0.3) is 5.56 Å². The number of Topliss-reactive ketones (excluding diaryl/α,β-unsaturated/α-hetero) is 1. The number of nitrogens with zero attached hydrogens (tertiary/aromatic N) is 2. The van der Waals surface area contributed by atoms with E-state index in [4.69, 9.17) is 32.7 Å². The van der Waals surface area contributed by atoms with Crippen molar-refractivity contribution in [2.75, 3.05) is 20.8 Å². The van der Waals surface area contributed by atoms with Crippen LogP contribution in [0.3, 0.4) is 0 Å². The molecular formula is C24H20Cl2N2O5S. The molecule has 0 N–H and O–H groups in total. The van der Waals surface area contributed by atoms with Crippen molar-refractivity contribution in [1.82, 2.24) is 4.57 Å². The van der Waals surface area contributed by atoms with E-state index in [1.165, 1.54) is 31.0 Å². The van der Waals surface area contributed by atoms with E-state index in [0.29, 0.717) is 31.5 Å². The highest BCUT2D eigenvalue weighted by atomic mass is 35.5. The molecule has 0 saturated carbocycles. The van der Waals surface area contributed by atoms with Crippen molar-refractivity contribution in [3.8, 4) is 17.2 Å². The van der Waals surface area contributed by atoms with E-state index in [-0.39, 0.29) is 30.3 Å². The summed E-state index contributed by atoms with van der Waals surface area (Å²) >= 11 is 13.8. The third-order valence-corrected chi connectivity index (χ3v) is 6.73. The molecule has 176 valence electrons. The largest absolute Gasteiger partial charge is 0.465 e. The second kappa shape index (κ2) is 11.4. The number of halogens is 2. The van der Waals surface area contributed by atoms with Crippen LogP contribution >= 0.6 is 34.5 Å². The average Bonchev–Trinajstić information content (AvgIpc) is 3.29. The van der Waals surface area contributed by atoms with E-state index in [1.807, 2.05) is 0 Å². The summed E-state index contributed by atoms with van der Waals surface area (Å²) in [6.45, 7) is 0.243. The van der Waals surface area contributed by atoms with Gasteiger partial charge < -0.3 is 14.0 Å². The Hall–Kier alpha value is -2.96. The average molecular weight is 519 g/mol. The number of benzene rings is 1. The van der Waals surface area contributed by atoms with E-state index in [1.54, 1.807) is 30.3 Å². The Kier molecular flexibility index (Phi) is 8.64. The van der Waals surface area contributed by atoms with Crippen LogP contribution in [0.1, 0.15) is 32.6 Å². The number of ether oxygens (including phenoxy) is 2. The minimum absolute atomic E-state index is 0.0225. The maximum Gasteiger partial charge on any atom is 0.348 e. The molecule has 0 spiro atoms. The van der Waals surface area contributed by atoms with Crippen LogP contribution in [0.25, 0.3) is 11.1 Å². The van der Waals surface area contributed by atoms with E-state index in [9.17, 15) is 19.6 Å². The van der Waals surface area contributed by atoms with Gasteiger partial charge in [0.2, 0.25) is 0 Å². The van der Waals surface area contributed by atoms with Crippen molar-refractivity contribution in [2.24, 2.45) is 0 Å². The highest BCUT2D eigenvalue weighted by molar-refractivity contribution is 7.14. The number of hydrogen-bond acceptors (Lipinski definition) is 7. The molecule has 3 aromatic rings. The number of nitriles is 1. The SMILES string of the molecule is COCCC(C(=O)Cc1ccc(C(=O)OC)s1)n1cc(Cl)c(-c2cc(Cl)ccc2C#N)cc1=O. The molecule has 1 aromatic carbocycles. The number of aromatic nitrogens is 1. The first kappa shape index (κ1) is 25.7. The summed E-state index contributed by atoms with van der Waals surface area (Å²) in [7, 11) is 2.79. The third kappa shape index (κ3) is 5.75. The lowest BCUT2D eigenvalue weighted by Crippen LogP contribution is -2.31. The van der Waals surface area contributed by atoms with Gasteiger partial charge in [-0.2, -0.15) is 5.26 Å². The molecule has 0 aliphatic carbocycles. The monoisotopic (exact) mass is 518 g/mol. The van der Waals surface area contributed by atoms with Gasteiger partial charge >= 0.3 is 5.97 Å². The van der Waals surface area contributed by atoms with E-state index in [0.717, 1.165) is 11.3 Å². The highest BCUT2D eigenvalue weighted by Gasteiger charge is 2.24. The first-order valence-corrected chi connectivity index (χ1v) is 11.7. The van der Waals surface area contributed by atoms with Gasteiger partial charge in [-0.15, -0.1) is 11.3 Å². The zero-order valence-corrected chi connectivity index (χ0v) is 20.7. The maximum absolute atomic E-state index is 13.2. The fourth-order valence-electron chi connectivity index (χ4n) is 3.47. The maximum atomic E-state index is 13.2. The normalized spacial score (nSPS) is 11.6. The molecule has 1 unspecified atom stereocenters. The minimum Gasteiger partial charge on any atom is -0.465 e. The van der Waals surface area contributed by atoms with Gasteiger partial charge in [-0.1, -0.05) is 23.2 Å². The summed E-state index contributed by atoms with van der Waals surface area (Å²) in [6, 6.07) is 10.5. The summed E-state index contributed by atoms with van der Waals surface area (Å²) in [6.07, 6.45) is 1.67. The molecule has 0 bridgehead atoms. The number of thiophene rings is 1. The summed E-state index contributed by atoms with van der Waals surface area (Å²) in [5, 5.41) is 10.0. The van der Waals surface area contributed by atoms with Crippen molar-refractivity contribution >= 4 is 46.3 Å². The van der Waals surface area contributed by atoms with Gasteiger partial charge in [-0.3, -0.25) is 9.59 Å². The molecule has 0 fully saturated rings. The summed E-state index contributed by atoms with van der Waals surface area (Å²) in [5.41, 5.74) is 0.632. The fourth-order valence-corrected chi connectivity index (χ4v) is 4.84. The molecule has 0 saturated heterocycles. The van der Waals surface area contributed by atoms with Crippen LogP contribution in [-0.4, -0.2) is 37.1 Å². The van der Waals surface area contributed by atoms with Crippen LogP contribution < -0.4 is 5.56 Å². The second-order valence-electron chi connectivity index (χ2n) is 7.28. The molecule has 7 nitrogen and oxygen atoms in total. The van der Waals surface area contributed by atoms with E-state index >= 15 is 0 Å². The molecule has 2 heterocycles. The van der Waals surface area contributed by atoms with Crippen molar-refractivity contribution in [2.45, 2.75) is 18.9 Å². The molecule has 0 aliphatic heterocycles. The first-order valence-electron chi connectivity index (χ1n) is 10.1. The number of carbonyl (C=O) groups excluding carboxylic acids is 2. The quantitative estimate of drug-likeness (QED) is 0.372. The lowest BCUT2D eigenvalue weighted by molar-refractivity contribution is -0.122. The molecule has 0 radical (unpaired) electrons. The Morgan fingerprint density at radius 2 is 1.91 bits per heavy atom. The van der Waals surface area contributed by atoms with Gasteiger partial charge in [-0.25, -0.2) is 4.79 Å². The number of rotatable bonds is 9. The van der Waals surface area contributed by atoms with Gasteiger partial charge in [0.1, 0.15) is 4.88 Å². The Bertz CT molecular complexity index is 1330. The second-order valence-corrected chi connectivity index (χ2v) is 9.29. The lowest BCUT2D eigenvalue weighted by Gasteiger charge is -2.20. The molecule has 10 heteroatoms. The van der Waals surface area contributed by atoms with Gasteiger partial charge in [0.15, 0.2) is 5.78 Å². The van der Waals surface area contributed by atoms with E-state index in [2.05, 4.69) is 6.07 Å². The molecule has 34 heavy (non-hydrogen) atoms. The Morgan fingerprint density at radius 3 is 2.59 bits per heavy atom. The molecular weight excluding hydrogens is 499 g/mol.